The minimum atomic E-state index is -0.639. The molecule has 32 heavy (non-hydrogen) atoms. The number of carbonyl (C=O) groups excluding carboxylic acids is 2. The van der Waals surface area contributed by atoms with E-state index in [1.165, 1.54) is 24.3 Å². The topological polar surface area (TPSA) is 110 Å². The van der Waals surface area contributed by atoms with Crippen molar-refractivity contribution in [1.29, 1.82) is 0 Å². The number of nitrogens with zero attached hydrogens (tertiary/aromatic N) is 1. The van der Waals surface area contributed by atoms with E-state index in [2.05, 4.69) is 15.6 Å². The molecule has 3 N–H and O–H groups in total. The number of halogens is 2. The van der Waals surface area contributed by atoms with Crippen molar-refractivity contribution in [3.63, 3.8) is 0 Å². The van der Waals surface area contributed by atoms with E-state index in [-0.39, 0.29) is 35.2 Å². The molecule has 1 aliphatic heterocycles. The Bertz CT molecular complexity index is 978. The third kappa shape index (κ3) is 5.46. The fourth-order valence-electron chi connectivity index (χ4n) is 4.28. The van der Waals surface area contributed by atoms with E-state index in [9.17, 15) is 18.4 Å². The molecule has 1 aromatic carbocycles. The largest absolute Gasteiger partial charge is 0.438 e. The van der Waals surface area contributed by atoms with Gasteiger partial charge in [-0.05, 0) is 68.4 Å². The first kappa shape index (κ1) is 22.3. The highest BCUT2D eigenvalue weighted by molar-refractivity contribution is 6.04. The Hall–Kier alpha value is -2.91. The van der Waals surface area contributed by atoms with Crippen LogP contribution in [0, 0.1) is 17.6 Å². The van der Waals surface area contributed by atoms with E-state index in [0.717, 1.165) is 44.4 Å². The van der Waals surface area contributed by atoms with E-state index < -0.39 is 24.3 Å². The number of pyridine rings is 1. The molecule has 1 saturated heterocycles. The van der Waals surface area contributed by atoms with Gasteiger partial charge in [-0.2, -0.15) is 0 Å². The molecule has 7 nitrogen and oxygen atoms in total. The maximum atomic E-state index is 13.8. The van der Waals surface area contributed by atoms with E-state index in [0.29, 0.717) is 11.7 Å². The molecule has 1 saturated carbocycles. The molecule has 4 rings (SSSR count). The smallest absolute Gasteiger partial charge is 0.245 e. The lowest BCUT2D eigenvalue weighted by molar-refractivity contribution is -0.124. The van der Waals surface area contributed by atoms with Gasteiger partial charge in [0.2, 0.25) is 11.8 Å². The van der Waals surface area contributed by atoms with Crippen molar-refractivity contribution in [2.45, 2.75) is 50.2 Å². The monoisotopic (exact) mass is 445 g/mol. The summed E-state index contributed by atoms with van der Waals surface area (Å²) in [6.45, 7) is -0.502. The molecule has 2 fully saturated rings. The second-order valence-corrected chi connectivity index (χ2v) is 8.36. The Morgan fingerprint density at radius 3 is 2.53 bits per heavy atom. The third-order valence-electron chi connectivity index (χ3n) is 6.02. The first-order valence-electron chi connectivity index (χ1n) is 10.7. The van der Waals surface area contributed by atoms with Gasteiger partial charge in [-0.15, -0.1) is 0 Å². The number of rotatable bonds is 8. The Balaban J connectivity index is 1.34. The van der Waals surface area contributed by atoms with Crippen LogP contribution in [-0.4, -0.2) is 46.5 Å². The Morgan fingerprint density at radius 2 is 1.84 bits per heavy atom. The maximum absolute atomic E-state index is 13.8. The number of nitrogens with one attached hydrogen (secondary N) is 2. The van der Waals surface area contributed by atoms with Gasteiger partial charge >= 0.3 is 0 Å². The lowest BCUT2D eigenvalue weighted by atomic mass is 9.82. The summed E-state index contributed by atoms with van der Waals surface area (Å²) in [5.41, 5.74) is 0.0461. The summed E-state index contributed by atoms with van der Waals surface area (Å²) < 4.78 is 32.5. The lowest BCUT2D eigenvalue weighted by Crippen LogP contribution is -2.39. The van der Waals surface area contributed by atoms with Crippen LogP contribution in [0.2, 0.25) is 0 Å². The van der Waals surface area contributed by atoms with Crippen LogP contribution in [0.25, 0.3) is 0 Å². The summed E-state index contributed by atoms with van der Waals surface area (Å²) >= 11 is 0. The molecule has 2 atom stereocenters. The van der Waals surface area contributed by atoms with Crippen molar-refractivity contribution in [3.05, 3.63) is 53.7 Å². The Morgan fingerprint density at radius 1 is 1.12 bits per heavy atom. The van der Waals surface area contributed by atoms with Crippen molar-refractivity contribution in [3.8, 4) is 11.6 Å². The standard InChI is InChI=1S/C23H25F2N3O4/c24-14-3-7-17(8-4-14)32-23-18(10-15(25)11-26-23)22(31)21-19(28-21)9-13-1-5-16(6-2-13)27-20(30)12-29/h3-4,7-8,10-11,13,16,19,21,28-29H,1-2,5-6,9,12H2,(H,27,30). The number of amides is 1. The first-order valence-corrected chi connectivity index (χ1v) is 10.7. The van der Waals surface area contributed by atoms with Crippen LogP contribution >= 0.6 is 0 Å². The van der Waals surface area contributed by atoms with Gasteiger partial charge in [0.15, 0.2) is 5.78 Å². The minimum Gasteiger partial charge on any atom is -0.438 e. The molecule has 1 aliphatic carbocycles. The molecular formula is C23H25F2N3O4. The molecule has 0 radical (unpaired) electrons. The van der Waals surface area contributed by atoms with Crippen LogP contribution in [-0.2, 0) is 4.79 Å². The zero-order valence-corrected chi connectivity index (χ0v) is 17.4. The number of carbonyl (C=O) groups is 2. The van der Waals surface area contributed by atoms with Gasteiger partial charge in [-0.25, -0.2) is 13.8 Å². The quantitative estimate of drug-likeness (QED) is 0.426. The van der Waals surface area contributed by atoms with Gasteiger partial charge in [0, 0.05) is 12.1 Å². The van der Waals surface area contributed by atoms with E-state index in [1.807, 2.05) is 0 Å². The van der Waals surface area contributed by atoms with Gasteiger partial charge in [0.1, 0.15) is 24.0 Å². The predicted molar refractivity (Wildman–Crippen MR) is 111 cm³/mol. The highest BCUT2D eigenvalue weighted by atomic mass is 19.1. The van der Waals surface area contributed by atoms with E-state index in [4.69, 9.17) is 9.84 Å². The number of aliphatic hydroxyl groups is 1. The summed E-state index contributed by atoms with van der Waals surface area (Å²) in [4.78, 5) is 28.2. The van der Waals surface area contributed by atoms with Crippen LogP contribution in [0.3, 0.4) is 0 Å². The first-order chi connectivity index (χ1) is 15.4. The van der Waals surface area contributed by atoms with Gasteiger partial charge < -0.3 is 20.5 Å². The fourth-order valence-corrected chi connectivity index (χ4v) is 4.28. The van der Waals surface area contributed by atoms with Crippen molar-refractivity contribution < 1.29 is 28.2 Å². The third-order valence-corrected chi connectivity index (χ3v) is 6.02. The maximum Gasteiger partial charge on any atom is 0.245 e. The number of aliphatic hydroxyl groups excluding tert-OH is 1. The van der Waals surface area contributed by atoms with E-state index in [1.54, 1.807) is 0 Å². The van der Waals surface area contributed by atoms with Gasteiger partial charge in [0.05, 0.1) is 17.8 Å². The normalized spacial score (nSPS) is 24.6. The van der Waals surface area contributed by atoms with Crippen LogP contribution in [0.15, 0.2) is 36.5 Å². The summed E-state index contributed by atoms with van der Waals surface area (Å²) in [7, 11) is 0. The molecular weight excluding hydrogens is 420 g/mol. The van der Waals surface area contributed by atoms with Crippen molar-refractivity contribution >= 4 is 11.7 Å². The van der Waals surface area contributed by atoms with Crippen LogP contribution in [0.5, 0.6) is 11.6 Å². The number of ketones is 1. The molecule has 2 aliphatic rings. The fraction of sp³-hybridized carbons (Fsp3) is 0.435. The number of hydrogen-bond acceptors (Lipinski definition) is 6. The molecule has 1 amide bonds. The van der Waals surface area contributed by atoms with Crippen LogP contribution < -0.4 is 15.4 Å². The summed E-state index contributed by atoms with van der Waals surface area (Å²) in [5.74, 6) is -1.00. The second-order valence-electron chi connectivity index (χ2n) is 8.36. The number of ether oxygens (including phenoxy) is 1. The summed E-state index contributed by atoms with van der Waals surface area (Å²) in [5, 5.41) is 14.8. The van der Waals surface area contributed by atoms with Crippen LogP contribution in [0.1, 0.15) is 42.5 Å². The molecule has 2 aromatic rings. The highest BCUT2D eigenvalue weighted by Gasteiger charge is 2.44. The lowest BCUT2D eigenvalue weighted by Gasteiger charge is -2.28. The minimum absolute atomic E-state index is 0.00183. The number of aromatic nitrogens is 1. The zero-order valence-electron chi connectivity index (χ0n) is 17.4. The molecule has 9 heteroatoms. The number of hydrogen-bond donors (Lipinski definition) is 3. The SMILES string of the molecule is O=C(CO)NC1CCC(CC2NC2C(=O)c2cc(F)cnc2Oc2ccc(F)cc2)CC1. The van der Waals surface area contributed by atoms with Gasteiger partial charge in [-0.1, -0.05) is 0 Å². The average molecular weight is 445 g/mol. The predicted octanol–water partition coefficient (Wildman–Crippen LogP) is 2.73. The van der Waals surface area contributed by atoms with Gasteiger partial charge in [-0.3, -0.25) is 9.59 Å². The second kappa shape index (κ2) is 9.70. The molecule has 0 spiro atoms. The molecule has 1 aromatic heterocycles. The van der Waals surface area contributed by atoms with E-state index >= 15 is 0 Å². The highest BCUT2D eigenvalue weighted by Crippen LogP contribution is 2.34. The van der Waals surface area contributed by atoms with Gasteiger partial charge in [0.25, 0.3) is 0 Å². The van der Waals surface area contributed by atoms with Crippen molar-refractivity contribution in [2.24, 2.45) is 5.92 Å². The van der Waals surface area contributed by atoms with Crippen LogP contribution in [0.4, 0.5) is 8.78 Å². The molecule has 2 unspecified atom stereocenters. The molecule has 170 valence electrons. The molecule has 0 bridgehead atoms. The zero-order chi connectivity index (χ0) is 22.7. The number of benzene rings is 1. The molecule has 2 heterocycles. The average Bonchev–Trinajstić information content (AvgIpc) is 3.56. The van der Waals surface area contributed by atoms with Crippen molar-refractivity contribution in [1.82, 2.24) is 15.6 Å². The summed E-state index contributed by atoms with van der Waals surface area (Å²) in [6.07, 6.45) is 5.32. The Kier molecular flexibility index (Phi) is 6.76. The number of Topliss-reactive ketones (excluding diaryl/α,β-unsaturated/α-hetero) is 1. The Labute approximate surface area is 184 Å². The summed E-state index contributed by atoms with van der Waals surface area (Å²) in [6, 6.07) is 6.03. The van der Waals surface area contributed by atoms with Crippen molar-refractivity contribution in [2.75, 3.05) is 6.61 Å².